The third-order valence-electron chi connectivity index (χ3n) is 3.72. The van der Waals surface area contributed by atoms with Crippen molar-refractivity contribution in [1.29, 1.82) is 0 Å². The van der Waals surface area contributed by atoms with Crippen LogP contribution in [-0.2, 0) is 9.59 Å². The van der Waals surface area contributed by atoms with Crippen LogP contribution >= 0.6 is 23.2 Å². The minimum absolute atomic E-state index is 0.234. The van der Waals surface area contributed by atoms with Crippen molar-refractivity contribution in [3.05, 3.63) is 33.8 Å². The number of amides is 1. The van der Waals surface area contributed by atoms with Crippen LogP contribution < -0.4 is 5.32 Å². The fourth-order valence-electron chi connectivity index (χ4n) is 2.36. The third-order valence-corrected chi connectivity index (χ3v) is 4.28. The van der Waals surface area contributed by atoms with E-state index in [0.717, 1.165) is 5.56 Å². The Morgan fingerprint density at radius 2 is 1.95 bits per heavy atom. The van der Waals surface area contributed by atoms with Gasteiger partial charge in [-0.1, -0.05) is 29.3 Å². The number of carbonyl (C=O) groups is 2. The number of carboxylic acids is 1. The number of rotatable bonds is 4. The molecule has 0 heterocycles. The zero-order valence-corrected chi connectivity index (χ0v) is 12.4. The fourth-order valence-corrected chi connectivity index (χ4v) is 2.93. The summed E-state index contributed by atoms with van der Waals surface area (Å²) in [6.45, 7) is 1.81. The van der Waals surface area contributed by atoms with Gasteiger partial charge >= 0.3 is 5.97 Å². The van der Waals surface area contributed by atoms with Gasteiger partial charge in [-0.2, -0.15) is 0 Å². The van der Waals surface area contributed by atoms with Crippen LogP contribution in [0.25, 0.3) is 0 Å². The Kier molecular flexibility index (Phi) is 4.55. The lowest BCUT2D eigenvalue weighted by atomic mass is 9.73. The van der Waals surface area contributed by atoms with Crippen LogP contribution in [0.15, 0.2) is 18.2 Å². The highest BCUT2D eigenvalue weighted by molar-refractivity contribution is 6.35. The zero-order valence-electron chi connectivity index (χ0n) is 10.9. The summed E-state index contributed by atoms with van der Waals surface area (Å²) >= 11 is 11.9. The molecule has 2 N–H and O–H groups in total. The Balaban J connectivity index is 2.02. The summed E-state index contributed by atoms with van der Waals surface area (Å²) in [5, 5.41) is 12.8. The summed E-state index contributed by atoms with van der Waals surface area (Å²) in [6.07, 6.45) is 1.17. The van der Waals surface area contributed by atoms with E-state index in [1.54, 1.807) is 18.2 Å². The average molecular weight is 316 g/mol. The Bertz CT molecular complexity index is 547. The molecule has 6 heteroatoms. The van der Waals surface area contributed by atoms with E-state index in [-0.39, 0.29) is 11.9 Å². The minimum atomic E-state index is -0.909. The first-order valence-corrected chi connectivity index (χ1v) is 7.14. The predicted octanol–water partition coefficient (Wildman–Crippen LogP) is 3.28. The average Bonchev–Trinajstić information content (AvgIpc) is 2.25. The normalized spacial score (nSPS) is 22.8. The van der Waals surface area contributed by atoms with E-state index in [4.69, 9.17) is 28.3 Å². The van der Waals surface area contributed by atoms with Crippen molar-refractivity contribution in [3.63, 3.8) is 0 Å². The molecule has 3 unspecified atom stereocenters. The maximum absolute atomic E-state index is 12.1. The standard InChI is InChI=1S/C14H15Cl2NO3/c1-7(9-3-2-8(15)6-12(9)16)17-13(18)10-4-5-11(10)14(19)20/h2-3,6-7,10-11H,4-5H2,1H3,(H,17,18)(H,19,20). The van der Waals surface area contributed by atoms with Crippen LogP contribution in [0.2, 0.25) is 10.0 Å². The van der Waals surface area contributed by atoms with Crippen molar-refractivity contribution in [3.8, 4) is 0 Å². The van der Waals surface area contributed by atoms with Crippen molar-refractivity contribution in [2.24, 2.45) is 11.8 Å². The molecule has 0 radical (unpaired) electrons. The maximum Gasteiger partial charge on any atom is 0.307 e. The van der Waals surface area contributed by atoms with Crippen LogP contribution in [0.3, 0.4) is 0 Å². The molecule has 2 rings (SSSR count). The first-order valence-electron chi connectivity index (χ1n) is 6.38. The minimum Gasteiger partial charge on any atom is -0.481 e. The summed E-state index contributed by atoms with van der Waals surface area (Å²) in [5.41, 5.74) is 0.760. The summed E-state index contributed by atoms with van der Waals surface area (Å²) in [5.74, 6) is -2.15. The number of nitrogens with one attached hydrogen (secondary N) is 1. The summed E-state index contributed by atoms with van der Waals surface area (Å²) < 4.78 is 0. The molecule has 108 valence electrons. The monoisotopic (exact) mass is 315 g/mol. The van der Waals surface area contributed by atoms with E-state index in [1.807, 2.05) is 6.92 Å². The number of halogens is 2. The molecule has 4 nitrogen and oxygen atoms in total. The van der Waals surface area contributed by atoms with Gasteiger partial charge in [0, 0.05) is 10.0 Å². The smallest absolute Gasteiger partial charge is 0.307 e. The van der Waals surface area contributed by atoms with E-state index in [2.05, 4.69) is 5.32 Å². The van der Waals surface area contributed by atoms with Gasteiger partial charge in [-0.3, -0.25) is 9.59 Å². The summed E-state index contributed by atoms with van der Waals surface area (Å²) in [6, 6.07) is 4.78. The Hall–Kier alpha value is -1.26. The molecule has 1 aliphatic rings. The molecule has 1 amide bonds. The van der Waals surface area contributed by atoms with Crippen LogP contribution in [-0.4, -0.2) is 17.0 Å². The Morgan fingerprint density at radius 3 is 2.45 bits per heavy atom. The zero-order chi connectivity index (χ0) is 14.9. The Labute approximate surface area is 127 Å². The second-order valence-corrected chi connectivity index (χ2v) is 5.87. The van der Waals surface area contributed by atoms with Gasteiger partial charge in [0.2, 0.25) is 5.91 Å². The van der Waals surface area contributed by atoms with E-state index in [9.17, 15) is 9.59 Å². The van der Waals surface area contributed by atoms with E-state index in [1.165, 1.54) is 0 Å². The Morgan fingerprint density at radius 1 is 1.30 bits per heavy atom. The third kappa shape index (κ3) is 3.07. The van der Waals surface area contributed by atoms with Crippen molar-refractivity contribution in [2.75, 3.05) is 0 Å². The van der Waals surface area contributed by atoms with Crippen molar-refractivity contribution >= 4 is 35.1 Å². The van der Waals surface area contributed by atoms with Gasteiger partial charge in [0.05, 0.1) is 17.9 Å². The number of hydrogen-bond donors (Lipinski definition) is 2. The lowest BCUT2D eigenvalue weighted by Crippen LogP contribution is -2.44. The highest BCUT2D eigenvalue weighted by Gasteiger charge is 2.41. The molecule has 1 aromatic rings. The number of hydrogen-bond acceptors (Lipinski definition) is 2. The van der Waals surface area contributed by atoms with Gasteiger partial charge in [0.1, 0.15) is 0 Å². The highest BCUT2D eigenvalue weighted by atomic mass is 35.5. The number of carboxylic acid groups (broad SMARTS) is 1. The molecule has 3 atom stereocenters. The van der Waals surface area contributed by atoms with Crippen molar-refractivity contribution < 1.29 is 14.7 Å². The van der Waals surface area contributed by atoms with Gasteiger partial charge in [0.25, 0.3) is 0 Å². The summed E-state index contributed by atoms with van der Waals surface area (Å²) in [7, 11) is 0. The second kappa shape index (κ2) is 6.02. The van der Waals surface area contributed by atoms with Gasteiger partial charge < -0.3 is 10.4 Å². The molecule has 0 aliphatic heterocycles. The van der Waals surface area contributed by atoms with Crippen LogP contribution in [0.1, 0.15) is 31.4 Å². The molecule has 0 saturated heterocycles. The highest BCUT2D eigenvalue weighted by Crippen LogP contribution is 2.35. The molecule has 1 aromatic carbocycles. The van der Waals surface area contributed by atoms with Gasteiger partial charge in [-0.25, -0.2) is 0 Å². The molecule has 0 aromatic heterocycles. The first kappa shape index (κ1) is 15.1. The first-order chi connectivity index (χ1) is 9.40. The molecule has 20 heavy (non-hydrogen) atoms. The van der Waals surface area contributed by atoms with E-state index < -0.39 is 17.8 Å². The largest absolute Gasteiger partial charge is 0.481 e. The van der Waals surface area contributed by atoms with Gasteiger partial charge in [-0.05, 0) is 37.5 Å². The molecular formula is C14H15Cl2NO3. The molecular weight excluding hydrogens is 301 g/mol. The number of benzene rings is 1. The van der Waals surface area contributed by atoms with Crippen LogP contribution in [0.4, 0.5) is 0 Å². The molecule has 1 saturated carbocycles. The van der Waals surface area contributed by atoms with E-state index >= 15 is 0 Å². The van der Waals surface area contributed by atoms with Gasteiger partial charge in [-0.15, -0.1) is 0 Å². The number of aliphatic carboxylic acids is 1. The summed E-state index contributed by atoms with van der Waals surface area (Å²) in [4.78, 5) is 23.0. The van der Waals surface area contributed by atoms with E-state index in [0.29, 0.717) is 22.9 Å². The molecule has 1 fully saturated rings. The van der Waals surface area contributed by atoms with Crippen LogP contribution in [0, 0.1) is 11.8 Å². The molecule has 1 aliphatic carbocycles. The number of carbonyl (C=O) groups excluding carboxylic acids is 1. The second-order valence-electron chi connectivity index (χ2n) is 5.02. The van der Waals surface area contributed by atoms with Crippen molar-refractivity contribution in [2.45, 2.75) is 25.8 Å². The van der Waals surface area contributed by atoms with Gasteiger partial charge in [0.15, 0.2) is 0 Å². The van der Waals surface area contributed by atoms with Crippen LogP contribution in [0.5, 0.6) is 0 Å². The lowest BCUT2D eigenvalue weighted by molar-refractivity contribution is -0.152. The lowest BCUT2D eigenvalue weighted by Gasteiger charge is -2.33. The topological polar surface area (TPSA) is 66.4 Å². The quantitative estimate of drug-likeness (QED) is 0.896. The fraction of sp³-hybridized carbons (Fsp3) is 0.429. The molecule has 0 bridgehead atoms. The van der Waals surface area contributed by atoms with Crippen molar-refractivity contribution in [1.82, 2.24) is 5.32 Å². The molecule has 0 spiro atoms. The predicted molar refractivity (Wildman–Crippen MR) is 76.9 cm³/mol. The maximum atomic E-state index is 12.1. The SMILES string of the molecule is CC(NC(=O)C1CCC1C(=O)O)c1ccc(Cl)cc1Cl.